The molecule has 0 saturated heterocycles. The molecule has 1 aliphatic rings. The minimum absolute atomic E-state index is 0.0564. The fourth-order valence-electron chi connectivity index (χ4n) is 4.40. The number of carbonyl (C=O) groups is 2. The molecule has 182 valence electrons. The second-order valence-electron chi connectivity index (χ2n) is 8.82. The Kier molecular flexibility index (Phi) is 7.51. The maximum absolute atomic E-state index is 13.8. The van der Waals surface area contributed by atoms with E-state index in [0.717, 1.165) is 43.4 Å². The Morgan fingerprint density at radius 1 is 0.829 bits per heavy atom. The number of halogens is 3. The molecular weight excluding hydrogens is 455 g/mol. The van der Waals surface area contributed by atoms with Crippen LogP contribution in [-0.4, -0.2) is 28.8 Å². The van der Waals surface area contributed by atoms with Crippen molar-refractivity contribution in [1.29, 1.82) is 0 Å². The molecule has 8 heteroatoms. The molecule has 1 aliphatic carbocycles. The molecule has 3 aromatic carbocycles. The van der Waals surface area contributed by atoms with Gasteiger partial charge in [-0.15, -0.1) is 0 Å². The molecule has 0 aliphatic heterocycles. The van der Waals surface area contributed by atoms with Crippen LogP contribution in [-0.2, 0) is 6.54 Å². The Morgan fingerprint density at radius 3 is 2.17 bits per heavy atom. The van der Waals surface area contributed by atoms with Gasteiger partial charge in [-0.2, -0.15) is 0 Å². The zero-order valence-electron chi connectivity index (χ0n) is 19.0. The molecule has 1 saturated carbocycles. The van der Waals surface area contributed by atoms with Gasteiger partial charge in [-0.05, 0) is 73.7 Å². The predicted molar refractivity (Wildman–Crippen MR) is 127 cm³/mol. The van der Waals surface area contributed by atoms with Gasteiger partial charge in [0.25, 0.3) is 11.8 Å². The molecule has 0 unspecified atom stereocenters. The van der Waals surface area contributed by atoms with Crippen molar-refractivity contribution < 1.29 is 22.8 Å². The monoisotopic (exact) mass is 481 g/mol. The van der Waals surface area contributed by atoms with Crippen LogP contribution in [0, 0.1) is 17.5 Å². The van der Waals surface area contributed by atoms with Gasteiger partial charge in [0, 0.05) is 41.5 Å². The number of amides is 2. The molecule has 5 nitrogen and oxygen atoms in total. The summed E-state index contributed by atoms with van der Waals surface area (Å²) in [6.07, 6.45) is 3.06. The number of anilines is 1. The van der Waals surface area contributed by atoms with E-state index in [4.69, 9.17) is 5.73 Å². The van der Waals surface area contributed by atoms with Gasteiger partial charge >= 0.3 is 0 Å². The number of hydrogen-bond acceptors (Lipinski definition) is 3. The highest BCUT2D eigenvalue weighted by Gasteiger charge is 2.29. The van der Waals surface area contributed by atoms with E-state index in [0.29, 0.717) is 11.8 Å². The highest BCUT2D eigenvalue weighted by molar-refractivity contribution is 6.04. The molecule has 0 bridgehead atoms. The molecule has 0 heterocycles. The van der Waals surface area contributed by atoms with Crippen molar-refractivity contribution in [1.82, 2.24) is 4.90 Å². The quantitative estimate of drug-likeness (QED) is 0.504. The van der Waals surface area contributed by atoms with Crippen LogP contribution in [0.2, 0.25) is 0 Å². The maximum Gasteiger partial charge on any atom is 0.255 e. The van der Waals surface area contributed by atoms with Gasteiger partial charge in [-0.1, -0.05) is 18.2 Å². The van der Waals surface area contributed by atoms with E-state index in [1.165, 1.54) is 18.2 Å². The summed E-state index contributed by atoms with van der Waals surface area (Å²) in [5.74, 6) is -3.12. The van der Waals surface area contributed by atoms with Gasteiger partial charge in [0.05, 0.1) is 0 Å². The van der Waals surface area contributed by atoms with Gasteiger partial charge < -0.3 is 16.0 Å². The Bertz CT molecular complexity index is 1210. The molecule has 0 radical (unpaired) electrons. The first-order valence-electron chi connectivity index (χ1n) is 11.5. The van der Waals surface area contributed by atoms with Gasteiger partial charge in [0.15, 0.2) is 0 Å². The lowest BCUT2D eigenvalue weighted by molar-refractivity contribution is 0.0605. The van der Waals surface area contributed by atoms with Crippen molar-refractivity contribution in [2.24, 2.45) is 5.73 Å². The minimum atomic E-state index is -0.845. The predicted octanol–water partition coefficient (Wildman–Crippen LogP) is 5.27. The lowest BCUT2D eigenvalue weighted by Crippen LogP contribution is -2.43. The van der Waals surface area contributed by atoms with Crippen molar-refractivity contribution in [2.45, 2.75) is 44.3 Å². The molecule has 3 aromatic rings. The van der Waals surface area contributed by atoms with Gasteiger partial charge in [0.2, 0.25) is 0 Å². The SMILES string of the molecule is NC1CCC(N(Cc2cccc(NC(=O)c3cc(F)cc(F)c3)c2)C(=O)c2cccc(F)c2)CC1. The first kappa shape index (κ1) is 24.5. The van der Waals surface area contributed by atoms with Crippen LogP contribution in [0.5, 0.6) is 0 Å². The van der Waals surface area contributed by atoms with Crippen LogP contribution in [0.1, 0.15) is 52.0 Å². The zero-order chi connectivity index (χ0) is 24.9. The topological polar surface area (TPSA) is 75.4 Å². The van der Waals surface area contributed by atoms with E-state index >= 15 is 0 Å². The number of nitrogens with two attached hydrogens (primary N) is 1. The third-order valence-electron chi connectivity index (χ3n) is 6.18. The molecule has 2 amide bonds. The van der Waals surface area contributed by atoms with E-state index in [1.54, 1.807) is 29.2 Å². The number of hydrogen-bond donors (Lipinski definition) is 2. The Balaban J connectivity index is 1.55. The third-order valence-corrected chi connectivity index (χ3v) is 6.18. The van der Waals surface area contributed by atoms with E-state index in [1.807, 2.05) is 6.07 Å². The molecule has 0 atom stereocenters. The molecule has 3 N–H and O–H groups in total. The van der Waals surface area contributed by atoms with Crippen LogP contribution >= 0.6 is 0 Å². The number of benzene rings is 3. The summed E-state index contributed by atoms with van der Waals surface area (Å²) in [4.78, 5) is 27.6. The average molecular weight is 482 g/mol. The molecular formula is C27H26F3N3O2. The van der Waals surface area contributed by atoms with Crippen molar-refractivity contribution >= 4 is 17.5 Å². The number of nitrogens with one attached hydrogen (secondary N) is 1. The first-order valence-corrected chi connectivity index (χ1v) is 11.5. The summed E-state index contributed by atoms with van der Waals surface area (Å²) in [5.41, 5.74) is 7.33. The minimum Gasteiger partial charge on any atom is -0.331 e. The van der Waals surface area contributed by atoms with Crippen LogP contribution in [0.15, 0.2) is 66.7 Å². The average Bonchev–Trinajstić information content (AvgIpc) is 2.82. The normalized spacial score (nSPS) is 17.6. The van der Waals surface area contributed by atoms with Crippen LogP contribution in [0.3, 0.4) is 0 Å². The van der Waals surface area contributed by atoms with Crippen molar-refractivity contribution in [3.05, 3.63) is 101 Å². The summed E-state index contributed by atoms with van der Waals surface area (Å²) >= 11 is 0. The molecule has 0 spiro atoms. The molecule has 4 rings (SSSR count). The largest absolute Gasteiger partial charge is 0.331 e. The standard InChI is InChI=1S/C27H26F3N3O2/c28-20-5-2-4-18(12-20)27(35)33(25-9-7-23(31)8-10-25)16-17-3-1-6-24(11-17)32-26(34)19-13-21(29)15-22(30)14-19/h1-6,11-15,23,25H,7-10,16,31H2,(H,32,34). The van der Waals surface area contributed by atoms with E-state index in [-0.39, 0.29) is 35.7 Å². The van der Waals surface area contributed by atoms with Gasteiger partial charge in [0.1, 0.15) is 17.5 Å². The second-order valence-corrected chi connectivity index (χ2v) is 8.82. The van der Waals surface area contributed by atoms with Crippen LogP contribution in [0.25, 0.3) is 0 Å². The van der Waals surface area contributed by atoms with Gasteiger partial charge in [-0.25, -0.2) is 13.2 Å². The zero-order valence-corrected chi connectivity index (χ0v) is 19.0. The van der Waals surface area contributed by atoms with Gasteiger partial charge in [-0.3, -0.25) is 9.59 Å². The number of rotatable bonds is 6. The van der Waals surface area contributed by atoms with Crippen molar-refractivity contribution in [2.75, 3.05) is 5.32 Å². The Morgan fingerprint density at radius 2 is 1.49 bits per heavy atom. The lowest BCUT2D eigenvalue weighted by Gasteiger charge is -2.36. The maximum atomic E-state index is 13.8. The summed E-state index contributed by atoms with van der Waals surface area (Å²) in [6, 6.07) is 15.1. The summed E-state index contributed by atoms with van der Waals surface area (Å²) in [7, 11) is 0. The van der Waals surface area contributed by atoms with E-state index < -0.39 is 23.4 Å². The second kappa shape index (κ2) is 10.7. The fraction of sp³-hybridized carbons (Fsp3) is 0.259. The molecule has 0 aromatic heterocycles. The fourth-order valence-corrected chi connectivity index (χ4v) is 4.40. The number of carbonyl (C=O) groups excluding carboxylic acids is 2. The summed E-state index contributed by atoms with van der Waals surface area (Å²) < 4.78 is 40.8. The van der Waals surface area contributed by atoms with Crippen molar-refractivity contribution in [3.63, 3.8) is 0 Å². The van der Waals surface area contributed by atoms with Crippen LogP contribution < -0.4 is 11.1 Å². The smallest absolute Gasteiger partial charge is 0.255 e. The summed E-state index contributed by atoms with van der Waals surface area (Å²) in [5, 5.41) is 2.64. The highest BCUT2D eigenvalue weighted by atomic mass is 19.1. The third kappa shape index (κ3) is 6.27. The Labute approximate surface area is 201 Å². The Hall–Kier alpha value is -3.65. The van der Waals surface area contributed by atoms with E-state index in [2.05, 4.69) is 5.32 Å². The van der Waals surface area contributed by atoms with Crippen molar-refractivity contribution in [3.8, 4) is 0 Å². The summed E-state index contributed by atoms with van der Waals surface area (Å²) in [6.45, 7) is 0.244. The highest BCUT2D eigenvalue weighted by Crippen LogP contribution is 2.26. The molecule has 35 heavy (non-hydrogen) atoms. The van der Waals surface area contributed by atoms with Crippen LogP contribution in [0.4, 0.5) is 18.9 Å². The number of nitrogens with zero attached hydrogens (tertiary/aromatic N) is 1. The van der Waals surface area contributed by atoms with E-state index in [9.17, 15) is 22.8 Å². The lowest BCUT2D eigenvalue weighted by atomic mass is 9.90. The first-order chi connectivity index (χ1) is 16.8. The molecule has 1 fully saturated rings.